The van der Waals surface area contributed by atoms with Crippen molar-refractivity contribution in [3.63, 3.8) is 0 Å². The molecule has 1 atom stereocenters. The van der Waals surface area contributed by atoms with Gasteiger partial charge in [-0.25, -0.2) is 4.98 Å². The molecule has 0 saturated carbocycles. The molecule has 0 spiro atoms. The van der Waals surface area contributed by atoms with Crippen LogP contribution in [0, 0.1) is 12.8 Å². The Bertz CT molecular complexity index is 576. The van der Waals surface area contributed by atoms with Crippen LogP contribution in [0.2, 0.25) is 0 Å². The highest BCUT2D eigenvalue weighted by molar-refractivity contribution is 5.47. The summed E-state index contributed by atoms with van der Waals surface area (Å²) in [5.41, 5.74) is 3.42. The van der Waals surface area contributed by atoms with Gasteiger partial charge < -0.3 is 9.51 Å². The van der Waals surface area contributed by atoms with Crippen molar-refractivity contribution in [2.75, 3.05) is 19.7 Å². The minimum Gasteiger partial charge on any atom is -0.396 e. The molecule has 1 aliphatic heterocycles. The quantitative estimate of drug-likeness (QED) is 0.929. The average Bonchev–Trinajstić information content (AvgIpc) is 2.83. The second-order valence-corrected chi connectivity index (χ2v) is 5.91. The molecule has 0 aromatic carbocycles. The Morgan fingerprint density at radius 3 is 3.15 bits per heavy atom. The van der Waals surface area contributed by atoms with Gasteiger partial charge >= 0.3 is 0 Å². The van der Waals surface area contributed by atoms with Gasteiger partial charge in [0.1, 0.15) is 5.65 Å². The highest BCUT2D eigenvalue weighted by Crippen LogP contribution is 2.21. The van der Waals surface area contributed by atoms with Crippen molar-refractivity contribution >= 4 is 5.65 Å². The number of aliphatic hydroxyl groups is 1. The lowest BCUT2D eigenvalue weighted by molar-refractivity contribution is 0.141. The number of likely N-dealkylation sites (tertiary alicyclic amines) is 1. The molecule has 0 bridgehead atoms. The maximum Gasteiger partial charge on any atom is 0.139 e. The maximum atomic E-state index is 9.09. The van der Waals surface area contributed by atoms with E-state index in [4.69, 9.17) is 10.1 Å². The summed E-state index contributed by atoms with van der Waals surface area (Å²) in [4.78, 5) is 7.22. The fourth-order valence-electron chi connectivity index (χ4n) is 3.22. The standard InChI is InChI=1S/C16H23N3O/c1-13-4-2-8-19-12-15(17-16(13)19)11-18-7-3-5-14(10-18)6-9-20/h2,4,8,12,14,20H,3,5-7,9-11H2,1H3. The minimum absolute atomic E-state index is 0.312. The molecule has 0 amide bonds. The Morgan fingerprint density at radius 1 is 1.45 bits per heavy atom. The number of hydrogen-bond acceptors (Lipinski definition) is 3. The largest absolute Gasteiger partial charge is 0.396 e. The van der Waals surface area contributed by atoms with E-state index in [1.807, 2.05) is 0 Å². The van der Waals surface area contributed by atoms with Crippen LogP contribution >= 0.6 is 0 Å². The van der Waals surface area contributed by atoms with Gasteiger partial charge in [-0.1, -0.05) is 6.07 Å². The summed E-state index contributed by atoms with van der Waals surface area (Å²) in [6, 6.07) is 4.16. The SMILES string of the molecule is Cc1cccn2cc(CN3CCCC(CCO)C3)nc12. The first-order chi connectivity index (χ1) is 9.76. The topological polar surface area (TPSA) is 40.8 Å². The van der Waals surface area contributed by atoms with E-state index in [0.29, 0.717) is 12.5 Å². The van der Waals surface area contributed by atoms with Gasteiger partial charge in [0, 0.05) is 32.1 Å². The van der Waals surface area contributed by atoms with Crippen LogP contribution in [-0.4, -0.2) is 39.1 Å². The Kier molecular flexibility index (Phi) is 4.03. The molecule has 2 aromatic rings. The van der Waals surface area contributed by atoms with Gasteiger partial charge in [-0.2, -0.15) is 0 Å². The number of imidazole rings is 1. The van der Waals surface area contributed by atoms with Crippen LogP contribution in [0.5, 0.6) is 0 Å². The van der Waals surface area contributed by atoms with Crippen LogP contribution in [0.1, 0.15) is 30.5 Å². The van der Waals surface area contributed by atoms with Gasteiger partial charge in [-0.15, -0.1) is 0 Å². The Labute approximate surface area is 120 Å². The average molecular weight is 273 g/mol. The molecule has 20 heavy (non-hydrogen) atoms. The summed E-state index contributed by atoms with van der Waals surface area (Å²) in [6.07, 6.45) is 7.61. The summed E-state index contributed by atoms with van der Waals surface area (Å²) in [7, 11) is 0. The third kappa shape index (κ3) is 2.86. The lowest BCUT2D eigenvalue weighted by Gasteiger charge is -2.31. The highest BCUT2D eigenvalue weighted by Gasteiger charge is 2.20. The first kappa shape index (κ1) is 13.6. The summed E-state index contributed by atoms with van der Waals surface area (Å²) in [6.45, 7) is 5.57. The first-order valence-electron chi connectivity index (χ1n) is 7.52. The van der Waals surface area contributed by atoms with Crippen molar-refractivity contribution in [3.05, 3.63) is 35.8 Å². The molecule has 3 rings (SSSR count). The van der Waals surface area contributed by atoms with Gasteiger partial charge in [0.25, 0.3) is 0 Å². The normalized spacial score (nSPS) is 20.6. The number of rotatable bonds is 4. The van der Waals surface area contributed by atoms with E-state index in [2.05, 4.69) is 40.8 Å². The Hall–Kier alpha value is -1.39. The van der Waals surface area contributed by atoms with E-state index in [1.165, 1.54) is 18.4 Å². The van der Waals surface area contributed by atoms with E-state index in [9.17, 15) is 0 Å². The van der Waals surface area contributed by atoms with Gasteiger partial charge in [0.2, 0.25) is 0 Å². The van der Waals surface area contributed by atoms with Crippen LogP contribution in [0.15, 0.2) is 24.5 Å². The van der Waals surface area contributed by atoms with Crippen molar-refractivity contribution in [1.82, 2.24) is 14.3 Å². The number of aryl methyl sites for hydroxylation is 1. The Morgan fingerprint density at radius 2 is 2.35 bits per heavy atom. The number of piperidine rings is 1. The second kappa shape index (κ2) is 5.94. The monoisotopic (exact) mass is 273 g/mol. The van der Waals surface area contributed by atoms with Crippen LogP contribution in [-0.2, 0) is 6.54 Å². The second-order valence-electron chi connectivity index (χ2n) is 5.91. The molecule has 1 aliphatic rings. The molecular formula is C16H23N3O. The van der Waals surface area contributed by atoms with Crippen molar-refractivity contribution in [1.29, 1.82) is 0 Å². The molecule has 3 heterocycles. The number of hydrogen-bond donors (Lipinski definition) is 1. The first-order valence-corrected chi connectivity index (χ1v) is 7.52. The predicted octanol–water partition coefficient (Wildman–Crippen LogP) is 2.24. The molecule has 2 aromatic heterocycles. The van der Waals surface area contributed by atoms with Crippen LogP contribution < -0.4 is 0 Å². The smallest absolute Gasteiger partial charge is 0.139 e. The molecule has 108 valence electrons. The molecule has 1 unspecified atom stereocenters. The van der Waals surface area contributed by atoms with Gasteiger partial charge in [0.05, 0.1) is 5.69 Å². The lowest BCUT2D eigenvalue weighted by Crippen LogP contribution is -2.35. The van der Waals surface area contributed by atoms with E-state index in [0.717, 1.165) is 37.4 Å². The zero-order valence-corrected chi connectivity index (χ0v) is 12.1. The van der Waals surface area contributed by atoms with Crippen molar-refractivity contribution in [2.45, 2.75) is 32.7 Å². The lowest BCUT2D eigenvalue weighted by atomic mass is 9.95. The molecular weight excluding hydrogens is 250 g/mol. The fraction of sp³-hybridized carbons (Fsp3) is 0.562. The number of aliphatic hydroxyl groups excluding tert-OH is 1. The fourth-order valence-corrected chi connectivity index (χ4v) is 3.22. The highest BCUT2D eigenvalue weighted by atomic mass is 16.3. The van der Waals surface area contributed by atoms with Gasteiger partial charge in [0.15, 0.2) is 0 Å². The number of pyridine rings is 1. The summed E-state index contributed by atoms with van der Waals surface area (Å²) in [5.74, 6) is 0.646. The Balaban J connectivity index is 1.71. The predicted molar refractivity (Wildman–Crippen MR) is 79.6 cm³/mol. The van der Waals surface area contributed by atoms with E-state index in [-0.39, 0.29) is 0 Å². The molecule has 0 radical (unpaired) electrons. The minimum atomic E-state index is 0.312. The number of nitrogens with zero attached hydrogens (tertiary/aromatic N) is 3. The number of fused-ring (bicyclic) bond motifs is 1. The van der Waals surface area contributed by atoms with Crippen LogP contribution in [0.3, 0.4) is 0 Å². The van der Waals surface area contributed by atoms with Gasteiger partial charge in [-0.05, 0) is 50.3 Å². The maximum absolute atomic E-state index is 9.09. The molecule has 0 aliphatic carbocycles. The van der Waals surface area contributed by atoms with E-state index < -0.39 is 0 Å². The zero-order valence-electron chi connectivity index (χ0n) is 12.1. The molecule has 4 heteroatoms. The van der Waals surface area contributed by atoms with E-state index >= 15 is 0 Å². The van der Waals surface area contributed by atoms with E-state index in [1.54, 1.807) is 0 Å². The van der Waals surface area contributed by atoms with Crippen molar-refractivity contribution in [2.24, 2.45) is 5.92 Å². The third-order valence-corrected chi connectivity index (χ3v) is 4.25. The third-order valence-electron chi connectivity index (χ3n) is 4.25. The summed E-state index contributed by atoms with van der Waals surface area (Å²) in [5, 5.41) is 9.09. The zero-order chi connectivity index (χ0) is 13.9. The molecule has 1 N–H and O–H groups in total. The van der Waals surface area contributed by atoms with Crippen molar-refractivity contribution < 1.29 is 5.11 Å². The van der Waals surface area contributed by atoms with Crippen LogP contribution in [0.25, 0.3) is 5.65 Å². The van der Waals surface area contributed by atoms with Crippen LogP contribution in [0.4, 0.5) is 0 Å². The molecule has 1 fully saturated rings. The summed E-state index contributed by atoms with van der Waals surface area (Å²) < 4.78 is 2.11. The van der Waals surface area contributed by atoms with Crippen molar-refractivity contribution in [3.8, 4) is 0 Å². The number of aromatic nitrogens is 2. The van der Waals surface area contributed by atoms with Gasteiger partial charge in [-0.3, -0.25) is 4.90 Å². The molecule has 1 saturated heterocycles. The molecule has 4 nitrogen and oxygen atoms in total. The summed E-state index contributed by atoms with van der Waals surface area (Å²) >= 11 is 0.